The molecule has 8 heteroatoms. The van der Waals surface area contributed by atoms with Gasteiger partial charge in [0.2, 0.25) is 0 Å². The van der Waals surface area contributed by atoms with E-state index in [0.29, 0.717) is 20.0 Å². The standard InChI is InChI=1S/C67H58N6O2/c1-46-37-56(72(52-21-9-5-10-22-52)53-23-11-6-12-24-53)38-47(2)66(46)50-33-35-64(74)62(41-50)70-44-68(58-29-17-19-31-60(58)70)43-69-45-71(61-32-20-18-30-59(61)69)63-42-51(34-36-65(63)75)67-48(3)39-57(40-49(67)4)73(54-25-13-7-14-26-54)55-27-15-8-16-28-55/h5-42,74-75H,43-45H2,1-4H3. The van der Waals surface area contributed by atoms with E-state index in [1.807, 2.05) is 48.5 Å². The Balaban J connectivity index is 0.830. The first-order chi connectivity index (χ1) is 36.7. The van der Waals surface area contributed by atoms with Crippen molar-refractivity contribution in [2.75, 3.05) is 49.4 Å². The van der Waals surface area contributed by atoms with Gasteiger partial charge in [0.25, 0.3) is 0 Å². The van der Waals surface area contributed by atoms with Crippen LogP contribution < -0.4 is 29.4 Å². The third-order valence-electron chi connectivity index (χ3n) is 14.7. The fraction of sp³-hybridized carbons (Fsp3) is 0.104. The Hall–Kier alpha value is -9.40. The van der Waals surface area contributed by atoms with E-state index in [4.69, 9.17) is 0 Å². The van der Waals surface area contributed by atoms with E-state index in [1.165, 1.54) is 0 Å². The molecular weight excluding hydrogens is 921 g/mol. The number of benzene rings is 10. The van der Waals surface area contributed by atoms with Crippen LogP contribution in [0.1, 0.15) is 22.3 Å². The van der Waals surface area contributed by atoms with Crippen molar-refractivity contribution < 1.29 is 10.2 Å². The Morgan fingerprint density at radius 3 is 0.933 bits per heavy atom. The molecular formula is C67H58N6O2. The molecule has 0 aliphatic carbocycles. The van der Waals surface area contributed by atoms with Crippen molar-refractivity contribution >= 4 is 68.2 Å². The molecule has 2 N–H and O–H groups in total. The third kappa shape index (κ3) is 8.70. The van der Waals surface area contributed by atoms with Crippen LogP contribution in [0.5, 0.6) is 11.5 Å². The molecule has 75 heavy (non-hydrogen) atoms. The van der Waals surface area contributed by atoms with Gasteiger partial charge in [0.05, 0.1) is 54.1 Å². The van der Waals surface area contributed by atoms with E-state index in [0.717, 1.165) is 113 Å². The number of fused-ring (bicyclic) bond motifs is 2. The zero-order chi connectivity index (χ0) is 51.2. The number of phenolic OH excluding ortho intramolecular Hbond substituents is 2. The fourth-order valence-electron chi connectivity index (χ4n) is 11.5. The summed E-state index contributed by atoms with van der Waals surface area (Å²) < 4.78 is 0. The molecule has 0 radical (unpaired) electrons. The zero-order valence-corrected chi connectivity index (χ0v) is 42.6. The summed E-state index contributed by atoms with van der Waals surface area (Å²) in [6.07, 6.45) is 0. The summed E-state index contributed by atoms with van der Waals surface area (Å²) in [4.78, 5) is 13.8. The van der Waals surface area contributed by atoms with E-state index in [-0.39, 0.29) is 11.5 Å². The van der Waals surface area contributed by atoms with Crippen molar-refractivity contribution in [1.29, 1.82) is 0 Å². The molecule has 0 saturated carbocycles. The first-order valence-corrected chi connectivity index (χ1v) is 25.6. The molecule has 368 valence electrons. The number of rotatable bonds is 12. The predicted octanol–water partition coefficient (Wildman–Crippen LogP) is 17.1. The number of nitrogens with zero attached hydrogens (tertiary/aromatic N) is 6. The molecule has 2 aliphatic heterocycles. The van der Waals surface area contributed by atoms with Crippen LogP contribution >= 0.6 is 0 Å². The smallest absolute Gasteiger partial charge is 0.139 e. The molecule has 0 spiro atoms. The van der Waals surface area contributed by atoms with Gasteiger partial charge in [-0.15, -0.1) is 0 Å². The van der Waals surface area contributed by atoms with Crippen LogP contribution in [-0.2, 0) is 0 Å². The molecule has 0 amide bonds. The molecule has 8 nitrogen and oxygen atoms in total. The highest BCUT2D eigenvalue weighted by Crippen LogP contribution is 2.50. The largest absolute Gasteiger partial charge is 0.506 e. The lowest BCUT2D eigenvalue weighted by Crippen LogP contribution is -2.40. The van der Waals surface area contributed by atoms with Crippen LogP contribution in [0, 0.1) is 27.7 Å². The number of phenols is 2. The van der Waals surface area contributed by atoms with Gasteiger partial charge in [0, 0.05) is 34.1 Å². The minimum absolute atomic E-state index is 0.222. The van der Waals surface area contributed by atoms with Gasteiger partial charge < -0.3 is 39.6 Å². The maximum Gasteiger partial charge on any atom is 0.139 e. The number of aryl methyl sites for hydroxylation is 4. The minimum atomic E-state index is 0.222. The van der Waals surface area contributed by atoms with Crippen LogP contribution in [0.3, 0.4) is 0 Å². The second-order valence-corrected chi connectivity index (χ2v) is 19.7. The van der Waals surface area contributed by atoms with Crippen LogP contribution in [0.25, 0.3) is 22.3 Å². The average Bonchev–Trinajstić information content (AvgIpc) is 3.99. The lowest BCUT2D eigenvalue weighted by Gasteiger charge is -2.29. The first-order valence-electron chi connectivity index (χ1n) is 25.6. The number of anilines is 12. The average molecular weight is 979 g/mol. The van der Waals surface area contributed by atoms with Gasteiger partial charge in [-0.3, -0.25) is 0 Å². The summed E-state index contributed by atoms with van der Waals surface area (Å²) in [7, 11) is 0. The van der Waals surface area contributed by atoms with E-state index >= 15 is 0 Å². The highest BCUT2D eigenvalue weighted by molar-refractivity contribution is 5.91. The Morgan fingerprint density at radius 1 is 0.320 bits per heavy atom. The summed E-state index contributed by atoms with van der Waals surface area (Å²) in [5.41, 5.74) is 21.2. The molecule has 0 aromatic heterocycles. The van der Waals surface area contributed by atoms with Crippen molar-refractivity contribution in [1.82, 2.24) is 0 Å². The molecule has 2 heterocycles. The molecule has 0 saturated heterocycles. The Labute approximate surface area is 440 Å². The summed E-state index contributed by atoms with van der Waals surface area (Å²) in [5, 5.41) is 23.4. The number of hydrogen-bond acceptors (Lipinski definition) is 8. The van der Waals surface area contributed by atoms with E-state index in [1.54, 1.807) is 0 Å². The van der Waals surface area contributed by atoms with Gasteiger partial charge in [0.1, 0.15) is 11.5 Å². The Bertz CT molecular complexity index is 3330. The van der Waals surface area contributed by atoms with Crippen LogP contribution in [-0.4, -0.2) is 30.2 Å². The monoisotopic (exact) mass is 978 g/mol. The van der Waals surface area contributed by atoms with Crippen molar-refractivity contribution in [3.8, 4) is 33.8 Å². The second-order valence-electron chi connectivity index (χ2n) is 19.7. The highest BCUT2D eigenvalue weighted by Gasteiger charge is 2.34. The normalized spacial score (nSPS) is 12.7. The number of hydrogen-bond donors (Lipinski definition) is 2. The Kier molecular flexibility index (Phi) is 12.2. The maximum absolute atomic E-state index is 11.7. The van der Waals surface area contributed by atoms with Gasteiger partial charge in [0.15, 0.2) is 0 Å². The molecule has 10 aromatic carbocycles. The quantitative estimate of drug-likeness (QED) is 0.126. The molecule has 12 rings (SSSR count). The fourth-order valence-corrected chi connectivity index (χ4v) is 11.5. The predicted molar refractivity (Wildman–Crippen MR) is 312 cm³/mol. The van der Waals surface area contributed by atoms with Crippen molar-refractivity contribution in [2.45, 2.75) is 27.7 Å². The first kappa shape index (κ1) is 46.7. The SMILES string of the molecule is Cc1cc(N(c2ccccc2)c2ccccc2)cc(C)c1-c1ccc(O)c(N2CN(CN3CN(c4cc(-c5c(C)cc(N(c6ccccc6)c6ccccc6)cc5C)ccc4O)c4ccccc43)c3ccccc32)c1. The minimum Gasteiger partial charge on any atom is -0.506 e. The summed E-state index contributed by atoms with van der Waals surface area (Å²) >= 11 is 0. The molecule has 0 unspecified atom stereocenters. The van der Waals surface area contributed by atoms with E-state index in [2.05, 4.69) is 239 Å². The van der Waals surface area contributed by atoms with Gasteiger partial charge in [-0.25, -0.2) is 0 Å². The summed E-state index contributed by atoms with van der Waals surface area (Å²) in [6.45, 7) is 10.3. The molecule has 10 aromatic rings. The lowest BCUT2D eigenvalue weighted by atomic mass is 9.94. The number of para-hydroxylation sites is 8. The molecule has 0 bridgehead atoms. The third-order valence-corrected chi connectivity index (χ3v) is 14.7. The zero-order valence-electron chi connectivity index (χ0n) is 42.6. The lowest BCUT2D eigenvalue weighted by molar-refractivity contribution is 0.475. The maximum atomic E-state index is 11.7. The topological polar surface area (TPSA) is 59.9 Å². The second kappa shape index (κ2) is 19.6. The van der Waals surface area contributed by atoms with Crippen LogP contribution in [0.2, 0.25) is 0 Å². The van der Waals surface area contributed by atoms with Gasteiger partial charge in [-0.2, -0.15) is 0 Å². The van der Waals surface area contributed by atoms with Gasteiger partial charge >= 0.3 is 0 Å². The van der Waals surface area contributed by atoms with Crippen LogP contribution in [0.4, 0.5) is 68.2 Å². The van der Waals surface area contributed by atoms with Crippen molar-refractivity contribution in [2.24, 2.45) is 0 Å². The van der Waals surface area contributed by atoms with E-state index in [9.17, 15) is 10.2 Å². The highest BCUT2D eigenvalue weighted by atomic mass is 16.3. The molecule has 0 atom stereocenters. The van der Waals surface area contributed by atoms with Crippen LogP contribution in [0.15, 0.2) is 231 Å². The van der Waals surface area contributed by atoms with E-state index < -0.39 is 0 Å². The van der Waals surface area contributed by atoms with Gasteiger partial charge in [-0.05, 0) is 194 Å². The van der Waals surface area contributed by atoms with Gasteiger partial charge in [-0.1, -0.05) is 109 Å². The summed E-state index contributed by atoms with van der Waals surface area (Å²) in [6, 6.07) is 79.9. The summed E-state index contributed by atoms with van der Waals surface area (Å²) in [5.74, 6) is 0.444. The van der Waals surface area contributed by atoms with Crippen molar-refractivity contribution in [3.63, 3.8) is 0 Å². The van der Waals surface area contributed by atoms with Crippen molar-refractivity contribution in [3.05, 3.63) is 253 Å². The Morgan fingerprint density at radius 2 is 0.613 bits per heavy atom. The molecule has 0 fully saturated rings. The molecule has 2 aliphatic rings. The number of aromatic hydroxyl groups is 2.